The Morgan fingerprint density at radius 3 is 2.82 bits per heavy atom. The first-order valence-electron chi connectivity index (χ1n) is 5.72. The summed E-state index contributed by atoms with van der Waals surface area (Å²) in [5.74, 6) is 0.559. The molecule has 1 aliphatic rings. The van der Waals surface area contributed by atoms with Gasteiger partial charge in [0, 0.05) is 5.92 Å². The number of benzene rings is 1. The van der Waals surface area contributed by atoms with E-state index in [0.717, 1.165) is 12.8 Å². The summed E-state index contributed by atoms with van der Waals surface area (Å²) in [6, 6.07) is 6.89. The van der Waals surface area contributed by atoms with E-state index in [1.165, 1.54) is 0 Å². The van der Waals surface area contributed by atoms with E-state index in [2.05, 4.69) is 5.32 Å². The van der Waals surface area contributed by atoms with Gasteiger partial charge in [0.25, 0.3) is 0 Å². The van der Waals surface area contributed by atoms with Crippen LogP contribution in [0.4, 0.5) is 11.4 Å². The van der Waals surface area contributed by atoms with Gasteiger partial charge in [-0.15, -0.1) is 0 Å². The molecule has 4 heteroatoms. The first-order chi connectivity index (χ1) is 8.11. The van der Waals surface area contributed by atoms with Gasteiger partial charge < -0.3 is 11.1 Å². The quantitative estimate of drug-likeness (QED) is 0.779. The van der Waals surface area contributed by atoms with Crippen LogP contribution in [0.1, 0.15) is 25.3 Å². The number of nitrogens with one attached hydrogen (secondary N) is 1. The molecular formula is C13H15N3O. The lowest BCUT2D eigenvalue weighted by molar-refractivity contribution is -0.119. The highest BCUT2D eigenvalue weighted by Crippen LogP contribution is 2.37. The fraction of sp³-hybridized carbons (Fsp3) is 0.385. The van der Waals surface area contributed by atoms with Crippen LogP contribution in [0, 0.1) is 23.2 Å². The molecular weight excluding hydrogens is 214 g/mol. The number of nitriles is 1. The smallest absolute Gasteiger partial charge is 0.227 e. The van der Waals surface area contributed by atoms with Crippen molar-refractivity contribution in [2.75, 3.05) is 11.1 Å². The van der Waals surface area contributed by atoms with Gasteiger partial charge in [-0.05, 0) is 37.0 Å². The Balaban J connectivity index is 2.08. The van der Waals surface area contributed by atoms with Crippen LogP contribution in [-0.4, -0.2) is 5.91 Å². The van der Waals surface area contributed by atoms with Crippen molar-refractivity contribution in [3.05, 3.63) is 23.8 Å². The number of amides is 1. The summed E-state index contributed by atoms with van der Waals surface area (Å²) in [6.45, 7) is 1.94. The van der Waals surface area contributed by atoms with Crippen LogP contribution >= 0.6 is 0 Å². The van der Waals surface area contributed by atoms with Gasteiger partial charge in [-0.2, -0.15) is 5.26 Å². The van der Waals surface area contributed by atoms with E-state index in [1.54, 1.807) is 18.2 Å². The second kappa shape index (κ2) is 4.46. The molecule has 4 nitrogen and oxygen atoms in total. The maximum Gasteiger partial charge on any atom is 0.227 e. The van der Waals surface area contributed by atoms with Gasteiger partial charge in [0.15, 0.2) is 0 Å². The minimum Gasteiger partial charge on any atom is -0.397 e. The van der Waals surface area contributed by atoms with E-state index in [0.29, 0.717) is 22.9 Å². The highest BCUT2D eigenvalue weighted by molar-refractivity contribution is 5.95. The third-order valence-electron chi connectivity index (χ3n) is 3.18. The number of nitrogens with two attached hydrogens (primary N) is 1. The lowest BCUT2D eigenvalue weighted by atomic mass is 10.1. The summed E-state index contributed by atoms with van der Waals surface area (Å²) < 4.78 is 0. The van der Waals surface area contributed by atoms with Crippen LogP contribution in [0.15, 0.2) is 18.2 Å². The van der Waals surface area contributed by atoms with Crippen molar-refractivity contribution in [2.24, 2.45) is 11.8 Å². The Labute approximate surface area is 100 Å². The van der Waals surface area contributed by atoms with E-state index in [1.807, 2.05) is 13.0 Å². The molecule has 88 valence electrons. The maximum absolute atomic E-state index is 11.9. The molecule has 0 spiro atoms. The van der Waals surface area contributed by atoms with Crippen LogP contribution in [0.3, 0.4) is 0 Å². The Kier molecular flexibility index (Phi) is 3.01. The topological polar surface area (TPSA) is 78.9 Å². The van der Waals surface area contributed by atoms with Gasteiger partial charge in [-0.25, -0.2) is 0 Å². The van der Waals surface area contributed by atoms with Crippen molar-refractivity contribution >= 4 is 17.3 Å². The second-order valence-electron chi connectivity index (χ2n) is 4.53. The second-order valence-corrected chi connectivity index (χ2v) is 4.53. The lowest BCUT2D eigenvalue weighted by Crippen LogP contribution is -2.22. The number of nitrogen functional groups attached to an aromatic ring is 1. The highest BCUT2D eigenvalue weighted by atomic mass is 16.1. The third kappa shape index (κ3) is 2.56. The van der Waals surface area contributed by atoms with Gasteiger partial charge in [-0.3, -0.25) is 4.79 Å². The molecule has 17 heavy (non-hydrogen) atoms. The van der Waals surface area contributed by atoms with Gasteiger partial charge >= 0.3 is 0 Å². The van der Waals surface area contributed by atoms with Crippen LogP contribution in [0.5, 0.6) is 0 Å². The number of carbonyl (C=O) groups is 1. The first kappa shape index (κ1) is 11.5. The number of carbonyl (C=O) groups excluding carboxylic acids is 1. The molecule has 1 aliphatic carbocycles. The molecule has 0 bridgehead atoms. The molecule has 3 N–H and O–H groups in total. The number of hydrogen-bond acceptors (Lipinski definition) is 3. The third-order valence-corrected chi connectivity index (χ3v) is 3.18. The Hall–Kier alpha value is -2.02. The molecule has 1 aromatic rings. The van der Waals surface area contributed by atoms with Crippen LogP contribution < -0.4 is 11.1 Å². The standard InChI is InChI=1S/C13H15N3O/c1-8(10-3-4-10)13(17)16-12-5-2-9(7-14)6-11(12)15/h2,5-6,8,10H,3-4,15H2,1H3,(H,16,17). The summed E-state index contributed by atoms with van der Waals surface area (Å²) >= 11 is 0. The van der Waals surface area contributed by atoms with E-state index in [9.17, 15) is 4.79 Å². The van der Waals surface area contributed by atoms with Crippen molar-refractivity contribution in [2.45, 2.75) is 19.8 Å². The molecule has 1 unspecified atom stereocenters. The predicted octanol–water partition coefficient (Wildman–Crippen LogP) is 2.13. The zero-order chi connectivity index (χ0) is 12.4. The summed E-state index contributed by atoms with van der Waals surface area (Å²) in [5.41, 5.74) is 7.28. The summed E-state index contributed by atoms with van der Waals surface area (Å²) in [6.07, 6.45) is 2.27. The Morgan fingerprint density at radius 1 is 1.59 bits per heavy atom. The fourth-order valence-electron chi connectivity index (χ4n) is 1.80. The predicted molar refractivity (Wildman–Crippen MR) is 66.1 cm³/mol. The van der Waals surface area contributed by atoms with Crippen LogP contribution in [-0.2, 0) is 4.79 Å². The van der Waals surface area contributed by atoms with Crippen molar-refractivity contribution in [3.8, 4) is 6.07 Å². The molecule has 0 radical (unpaired) electrons. The van der Waals surface area contributed by atoms with Gasteiger partial charge in [0.2, 0.25) is 5.91 Å². The SMILES string of the molecule is CC(C(=O)Nc1ccc(C#N)cc1N)C1CC1. The molecule has 0 aromatic heterocycles. The number of nitrogens with zero attached hydrogens (tertiary/aromatic N) is 1. The number of rotatable bonds is 3. The first-order valence-corrected chi connectivity index (χ1v) is 5.72. The van der Waals surface area contributed by atoms with E-state index in [4.69, 9.17) is 11.0 Å². The summed E-state index contributed by atoms with van der Waals surface area (Å²) in [5, 5.41) is 11.5. The normalized spacial score (nSPS) is 16.0. The maximum atomic E-state index is 11.9. The molecule has 2 rings (SSSR count). The van der Waals surface area contributed by atoms with Gasteiger partial charge in [0.05, 0.1) is 23.0 Å². The highest BCUT2D eigenvalue weighted by Gasteiger charge is 2.32. The molecule has 1 saturated carbocycles. The molecule has 1 aromatic carbocycles. The average Bonchev–Trinajstić information content (AvgIpc) is 3.14. The van der Waals surface area contributed by atoms with E-state index < -0.39 is 0 Å². The zero-order valence-corrected chi connectivity index (χ0v) is 9.73. The molecule has 0 saturated heterocycles. The van der Waals surface area contributed by atoms with Crippen LogP contribution in [0.25, 0.3) is 0 Å². The summed E-state index contributed by atoms with van der Waals surface area (Å²) in [4.78, 5) is 11.9. The average molecular weight is 229 g/mol. The molecule has 0 aliphatic heterocycles. The Bertz CT molecular complexity index is 486. The minimum atomic E-state index is 0.00362. The minimum absolute atomic E-state index is 0.00362. The lowest BCUT2D eigenvalue weighted by Gasteiger charge is -2.12. The molecule has 1 atom stereocenters. The number of anilines is 2. The van der Waals surface area contributed by atoms with Gasteiger partial charge in [0.1, 0.15) is 0 Å². The van der Waals surface area contributed by atoms with Gasteiger partial charge in [-0.1, -0.05) is 6.92 Å². The zero-order valence-electron chi connectivity index (χ0n) is 9.73. The summed E-state index contributed by atoms with van der Waals surface area (Å²) in [7, 11) is 0. The molecule has 0 heterocycles. The van der Waals surface area contributed by atoms with E-state index >= 15 is 0 Å². The van der Waals surface area contributed by atoms with Crippen molar-refractivity contribution < 1.29 is 4.79 Å². The Morgan fingerprint density at radius 2 is 2.29 bits per heavy atom. The monoisotopic (exact) mass is 229 g/mol. The molecule has 1 amide bonds. The van der Waals surface area contributed by atoms with Crippen molar-refractivity contribution in [1.29, 1.82) is 5.26 Å². The van der Waals surface area contributed by atoms with Crippen molar-refractivity contribution in [3.63, 3.8) is 0 Å². The molecule has 1 fully saturated rings. The fourth-order valence-corrected chi connectivity index (χ4v) is 1.80. The van der Waals surface area contributed by atoms with Crippen molar-refractivity contribution in [1.82, 2.24) is 0 Å². The largest absolute Gasteiger partial charge is 0.397 e. The van der Waals surface area contributed by atoms with Crippen LogP contribution in [0.2, 0.25) is 0 Å². The number of hydrogen-bond donors (Lipinski definition) is 2. The van der Waals surface area contributed by atoms with E-state index in [-0.39, 0.29) is 11.8 Å².